The molecule has 100 valence electrons. The molecule has 0 bridgehead atoms. The molecule has 18 heavy (non-hydrogen) atoms. The van der Waals surface area contributed by atoms with Gasteiger partial charge in [-0.25, -0.2) is 8.78 Å². The summed E-state index contributed by atoms with van der Waals surface area (Å²) < 4.78 is 26.3. The molecule has 0 aliphatic rings. The van der Waals surface area contributed by atoms with Crippen LogP contribution in [0, 0.1) is 11.6 Å². The topological polar surface area (TPSA) is 69.6 Å². The largest absolute Gasteiger partial charge is 0.394 e. The number of benzene rings is 1. The number of amides is 1. The first-order valence-electron chi connectivity index (χ1n) is 5.47. The summed E-state index contributed by atoms with van der Waals surface area (Å²) in [6.45, 7) is 0.653. The summed E-state index contributed by atoms with van der Waals surface area (Å²) in [6, 6.07) is 2.51. The second kappa shape index (κ2) is 5.88. The van der Waals surface area contributed by atoms with Crippen LogP contribution < -0.4 is 5.32 Å². The Kier molecular flexibility index (Phi) is 4.75. The molecule has 1 aromatic rings. The Morgan fingerprint density at radius 1 is 1.33 bits per heavy atom. The van der Waals surface area contributed by atoms with E-state index in [4.69, 9.17) is 10.2 Å². The normalized spacial score (nSPS) is 11.4. The lowest BCUT2D eigenvalue weighted by Gasteiger charge is -2.29. The van der Waals surface area contributed by atoms with Gasteiger partial charge in [-0.3, -0.25) is 4.79 Å². The Hall–Kier alpha value is -1.53. The number of nitrogens with one attached hydrogen (secondary N) is 1. The summed E-state index contributed by atoms with van der Waals surface area (Å²) in [7, 11) is 0. The minimum atomic E-state index is -1.24. The van der Waals surface area contributed by atoms with Gasteiger partial charge >= 0.3 is 0 Å². The van der Waals surface area contributed by atoms with Gasteiger partial charge in [0.05, 0.1) is 24.3 Å². The third-order valence-electron chi connectivity index (χ3n) is 2.83. The van der Waals surface area contributed by atoms with E-state index >= 15 is 0 Å². The van der Waals surface area contributed by atoms with Gasteiger partial charge in [-0.15, -0.1) is 0 Å². The number of aliphatic hydroxyl groups is 2. The Morgan fingerprint density at radius 3 is 2.44 bits per heavy atom. The van der Waals surface area contributed by atoms with Crippen LogP contribution in [0.3, 0.4) is 0 Å². The van der Waals surface area contributed by atoms with Crippen LogP contribution in [0.1, 0.15) is 23.7 Å². The third-order valence-corrected chi connectivity index (χ3v) is 2.83. The maximum atomic E-state index is 13.4. The summed E-state index contributed by atoms with van der Waals surface area (Å²) in [4.78, 5) is 11.8. The lowest BCUT2D eigenvalue weighted by Crippen LogP contribution is -2.54. The van der Waals surface area contributed by atoms with Crippen LogP contribution >= 0.6 is 0 Å². The molecule has 0 fully saturated rings. The Morgan fingerprint density at radius 2 is 1.94 bits per heavy atom. The van der Waals surface area contributed by atoms with Gasteiger partial charge < -0.3 is 15.5 Å². The van der Waals surface area contributed by atoms with Crippen LogP contribution in [-0.4, -0.2) is 34.9 Å². The summed E-state index contributed by atoms with van der Waals surface area (Å²) in [5, 5.41) is 20.6. The van der Waals surface area contributed by atoms with Crippen molar-refractivity contribution < 1.29 is 23.8 Å². The van der Waals surface area contributed by atoms with Gasteiger partial charge in [0.25, 0.3) is 5.91 Å². The number of halogens is 2. The predicted octanol–water partition coefficient (Wildman–Crippen LogP) is 0.828. The van der Waals surface area contributed by atoms with Crippen LogP contribution in [-0.2, 0) is 0 Å². The van der Waals surface area contributed by atoms with Crippen LogP contribution in [0.25, 0.3) is 0 Å². The molecule has 1 aromatic carbocycles. The van der Waals surface area contributed by atoms with Crippen molar-refractivity contribution in [3.05, 3.63) is 35.4 Å². The van der Waals surface area contributed by atoms with Gasteiger partial charge in [-0.1, -0.05) is 6.92 Å². The van der Waals surface area contributed by atoms with E-state index in [1.807, 2.05) is 0 Å². The van der Waals surface area contributed by atoms with E-state index < -0.39 is 41.9 Å². The summed E-state index contributed by atoms with van der Waals surface area (Å²) >= 11 is 0. The number of carbonyl (C=O) groups is 1. The molecule has 0 radical (unpaired) electrons. The van der Waals surface area contributed by atoms with E-state index in [9.17, 15) is 13.6 Å². The van der Waals surface area contributed by atoms with Gasteiger partial charge in [-0.05, 0) is 24.6 Å². The van der Waals surface area contributed by atoms with Crippen molar-refractivity contribution in [1.82, 2.24) is 5.32 Å². The third kappa shape index (κ3) is 3.02. The van der Waals surface area contributed by atoms with E-state index in [1.165, 1.54) is 0 Å². The van der Waals surface area contributed by atoms with Gasteiger partial charge in [0.1, 0.15) is 11.6 Å². The average Bonchev–Trinajstić information content (AvgIpc) is 2.38. The van der Waals surface area contributed by atoms with Crippen molar-refractivity contribution in [2.24, 2.45) is 0 Å². The number of rotatable bonds is 5. The maximum absolute atomic E-state index is 13.4. The molecule has 0 aromatic heterocycles. The molecule has 3 N–H and O–H groups in total. The van der Waals surface area contributed by atoms with Crippen molar-refractivity contribution in [3.63, 3.8) is 0 Å². The molecule has 0 saturated heterocycles. The Labute approximate surface area is 103 Å². The highest BCUT2D eigenvalue weighted by molar-refractivity contribution is 5.95. The highest BCUT2D eigenvalue weighted by Crippen LogP contribution is 2.13. The highest BCUT2D eigenvalue weighted by atomic mass is 19.1. The fourth-order valence-corrected chi connectivity index (χ4v) is 1.42. The molecule has 0 saturated carbocycles. The Bertz CT molecular complexity index is 425. The first-order valence-corrected chi connectivity index (χ1v) is 5.47. The van der Waals surface area contributed by atoms with E-state index in [1.54, 1.807) is 6.92 Å². The van der Waals surface area contributed by atoms with Crippen molar-refractivity contribution in [3.8, 4) is 0 Å². The molecule has 0 aliphatic heterocycles. The van der Waals surface area contributed by atoms with Crippen LogP contribution in [0.4, 0.5) is 8.78 Å². The SMILES string of the molecule is CCC(CO)(CO)NC(=O)c1cc(F)ccc1F. The zero-order valence-electron chi connectivity index (χ0n) is 9.91. The lowest BCUT2D eigenvalue weighted by molar-refractivity contribution is 0.0649. The Balaban J connectivity index is 2.97. The fraction of sp³-hybridized carbons (Fsp3) is 0.417. The van der Waals surface area contributed by atoms with E-state index in [0.717, 1.165) is 18.2 Å². The van der Waals surface area contributed by atoms with Crippen LogP contribution in [0.2, 0.25) is 0 Å². The molecule has 0 aliphatic carbocycles. The zero-order chi connectivity index (χ0) is 13.8. The molecule has 0 spiro atoms. The minimum absolute atomic E-state index is 0.253. The number of carbonyl (C=O) groups excluding carboxylic acids is 1. The monoisotopic (exact) mass is 259 g/mol. The van der Waals surface area contributed by atoms with Gasteiger partial charge in [0.2, 0.25) is 0 Å². The molecule has 0 heterocycles. The smallest absolute Gasteiger partial charge is 0.254 e. The number of hydrogen-bond donors (Lipinski definition) is 3. The molecule has 6 heteroatoms. The number of hydrogen-bond acceptors (Lipinski definition) is 3. The molecule has 0 atom stereocenters. The van der Waals surface area contributed by atoms with Gasteiger partial charge in [0, 0.05) is 0 Å². The predicted molar refractivity (Wildman–Crippen MR) is 61.0 cm³/mol. The van der Waals surface area contributed by atoms with Crippen molar-refractivity contribution in [2.45, 2.75) is 18.9 Å². The van der Waals surface area contributed by atoms with Crippen LogP contribution in [0.5, 0.6) is 0 Å². The zero-order valence-corrected chi connectivity index (χ0v) is 9.91. The lowest BCUT2D eigenvalue weighted by atomic mass is 9.97. The van der Waals surface area contributed by atoms with Crippen LogP contribution in [0.15, 0.2) is 18.2 Å². The summed E-state index contributed by atoms with van der Waals surface area (Å²) in [5.41, 5.74) is -1.70. The minimum Gasteiger partial charge on any atom is -0.394 e. The van der Waals surface area contributed by atoms with Gasteiger partial charge in [-0.2, -0.15) is 0 Å². The molecule has 1 rings (SSSR count). The molecular formula is C12H15F2NO3. The van der Waals surface area contributed by atoms with Crippen molar-refractivity contribution in [2.75, 3.05) is 13.2 Å². The maximum Gasteiger partial charge on any atom is 0.254 e. The average molecular weight is 259 g/mol. The van der Waals surface area contributed by atoms with Gasteiger partial charge in [0.15, 0.2) is 0 Å². The second-order valence-electron chi connectivity index (χ2n) is 4.03. The summed E-state index contributed by atoms with van der Waals surface area (Å²) in [5.74, 6) is -2.48. The van der Waals surface area contributed by atoms with E-state index in [0.29, 0.717) is 0 Å². The first kappa shape index (κ1) is 14.5. The van der Waals surface area contributed by atoms with Crippen molar-refractivity contribution >= 4 is 5.91 Å². The molecule has 4 nitrogen and oxygen atoms in total. The first-order chi connectivity index (χ1) is 8.48. The standard InChI is InChI=1S/C12H15F2NO3/c1-2-12(6-16,7-17)15-11(18)9-5-8(13)3-4-10(9)14/h3-5,16-17H,2,6-7H2,1H3,(H,15,18). The quantitative estimate of drug-likeness (QED) is 0.733. The molecule has 1 amide bonds. The van der Waals surface area contributed by atoms with E-state index in [2.05, 4.69) is 5.32 Å². The highest BCUT2D eigenvalue weighted by Gasteiger charge is 2.29. The second-order valence-corrected chi connectivity index (χ2v) is 4.03. The molecule has 0 unspecified atom stereocenters. The fourth-order valence-electron chi connectivity index (χ4n) is 1.42. The van der Waals surface area contributed by atoms with Crippen molar-refractivity contribution in [1.29, 1.82) is 0 Å². The summed E-state index contributed by atoms with van der Waals surface area (Å²) in [6.07, 6.45) is 0.253. The van der Waals surface area contributed by atoms with E-state index in [-0.39, 0.29) is 6.42 Å². The molecular weight excluding hydrogens is 244 g/mol. The number of aliphatic hydroxyl groups excluding tert-OH is 2.